The van der Waals surface area contributed by atoms with Crippen molar-refractivity contribution in [2.24, 2.45) is 0 Å². The Hall–Kier alpha value is -3.35. The van der Waals surface area contributed by atoms with Gasteiger partial charge in [0.25, 0.3) is 5.91 Å². The fraction of sp³-hybridized carbons (Fsp3) is 0.500. The van der Waals surface area contributed by atoms with Crippen LogP contribution in [0.3, 0.4) is 0 Å². The quantitative estimate of drug-likeness (QED) is 0.288. The average Bonchev–Trinajstić information content (AvgIpc) is 3.67. The van der Waals surface area contributed by atoms with Gasteiger partial charge in [0.1, 0.15) is 5.60 Å². The van der Waals surface area contributed by atoms with E-state index in [2.05, 4.69) is 22.2 Å². The number of benzene rings is 2. The van der Waals surface area contributed by atoms with Gasteiger partial charge in [-0.25, -0.2) is 4.79 Å². The predicted molar refractivity (Wildman–Crippen MR) is 143 cm³/mol. The largest absolute Gasteiger partial charge is 0.469 e. The van der Waals surface area contributed by atoms with Gasteiger partial charge in [0.15, 0.2) is 0 Å². The van der Waals surface area contributed by atoms with Gasteiger partial charge >= 0.3 is 12.1 Å². The second-order valence-electron chi connectivity index (χ2n) is 10.6. The molecule has 0 heterocycles. The zero-order chi connectivity index (χ0) is 26.8. The van der Waals surface area contributed by atoms with Crippen molar-refractivity contribution in [2.75, 3.05) is 13.7 Å². The van der Waals surface area contributed by atoms with Crippen LogP contribution in [0.25, 0.3) is 0 Å². The van der Waals surface area contributed by atoms with E-state index >= 15 is 0 Å². The molecule has 2 unspecified atom stereocenters. The van der Waals surface area contributed by atoms with Gasteiger partial charge in [0, 0.05) is 37.0 Å². The Kier molecular flexibility index (Phi) is 10.1. The molecule has 2 aromatic rings. The first-order chi connectivity index (χ1) is 17.7. The van der Waals surface area contributed by atoms with E-state index in [9.17, 15) is 14.4 Å². The molecule has 37 heavy (non-hydrogen) atoms. The highest BCUT2D eigenvalue weighted by atomic mass is 16.6. The molecular formula is C30H40N2O5. The highest BCUT2D eigenvalue weighted by Gasteiger charge is 2.45. The third-order valence-corrected chi connectivity index (χ3v) is 6.40. The molecule has 200 valence electrons. The molecule has 0 radical (unpaired) electrons. The number of rotatable bonds is 12. The van der Waals surface area contributed by atoms with Crippen LogP contribution in [-0.4, -0.2) is 48.2 Å². The first-order valence-electron chi connectivity index (χ1n) is 13.2. The number of hydrogen-bond donors (Lipinski definition) is 1. The van der Waals surface area contributed by atoms with E-state index in [0.717, 1.165) is 37.7 Å². The SMILES string of the molecule is COC(=O)CCCCCCNC(=O)c1ccc(CN(C(=O)OC(C)(C)C)C2CC2c2ccccc2)cc1. The summed E-state index contributed by atoms with van der Waals surface area (Å²) in [6.45, 7) is 6.64. The zero-order valence-corrected chi connectivity index (χ0v) is 22.5. The van der Waals surface area contributed by atoms with Crippen molar-refractivity contribution in [1.29, 1.82) is 0 Å². The fourth-order valence-corrected chi connectivity index (χ4v) is 4.33. The topological polar surface area (TPSA) is 84.9 Å². The van der Waals surface area contributed by atoms with Crippen LogP contribution in [0.2, 0.25) is 0 Å². The molecule has 0 saturated heterocycles. The van der Waals surface area contributed by atoms with Gasteiger partial charge in [-0.3, -0.25) is 9.59 Å². The Bertz CT molecular complexity index is 1030. The van der Waals surface area contributed by atoms with Gasteiger partial charge in [-0.15, -0.1) is 0 Å². The van der Waals surface area contributed by atoms with Crippen LogP contribution in [0.15, 0.2) is 54.6 Å². The molecular weight excluding hydrogens is 468 g/mol. The minimum Gasteiger partial charge on any atom is -0.469 e. The molecule has 1 aliphatic rings. The standard InChI is InChI=1S/C30H40N2O5/c1-30(2,3)37-29(35)32(26-20-25(26)23-12-8-7-9-13-23)21-22-15-17-24(18-16-22)28(34)31-19-11-6-5-10-14-27(33)36-4/h7-9,12-13,15-18,25-26H,5-6,10-11,14,19-21H2,1-4H3,(H,31,34). The molecule has 0 spiro atoms. The summed E-state index contributed by atoms with van der Waals surface area (Å²) in [7, 11) is 1.40. The lowest BCUT2D eigenvalue weighted by molar-refractivity contribution is -0.140. The van der Waals surface area contributed by atoms with Crippen LogP contribution in [0.4, 0.5) is 4.79 Å². The summed E-state index contributed by atoms with van der Waals surface area (Å²) in [5.41, 5.74) is 2.20. The smallest absolute Gasteiger partial charge is 0.410 e. The molecule has 7 nitrogen and oxygen atoms in total. The van der Waals surface area contributed by atoms with Crippen molar-refractivity contribution in [3.63, 3.8) is 0 Å². The van der Waals surface area contributed by atoms with E-state index in [1.54, 1.807) is 12.1 Å². The number of ether oxygens (including phenoxy) is 2. The van der Waals surface area contributed by atoms with Gasteiger partial charge in [-0.1, -0.05) is 55.3 Å². The van der Waals surface area contributed by atoms with Crippen molar-refractivity contribution in [3.05, 3.63) is 71.3 Å². The van der Waals surface area contributed by atoms with E-state index in [-0.39, 0.29) is 24.0 Å². The monoisotopic (exact) mass is 508 g/mol. The maximum Gasteiger partial charge on any atom is 0.410 e. The lowest BCUT2D eigenvalue weighted by Gasteiger charge is -2.28. The Balaban J connectivity index is 1.52. The Morgan fingerprint density at radius 3 is 2.27 bits per heavy atom. The van der Waals surface area contributed by atoms with Crippen LogP contribution in [-0.2, 0) is 20.8 Å². The maximum atomic E-state index is 13.1. The summed E-state index contributed by atoms with van der Waals surface area (Å²) in [5.74, 6) is 0.00906. The molecule has 1 fully saturated rings. The van der Waals surface area contributed by atoms with Crippen LogP contribution < -0.4 is 5.32 Å². The molecule has 1 saturated carbocycles. The van der Waals surface area contributed by atoms with Crippen LogP contribution >= 0.6 is 0 Å². The van der Waals surface area contributed by atoms with Gasteiger partial charge in [-0.2, -0.15) is 0 Å². The predicted octanol–water partition coefficient (Wildman–Crippen LogP) is 5.83. The molecule has 0 bridgehead atoms. The Morgan fingerprint density at radius 1 is 0.946 bits per heavy atom. The highest BCUT2D eigenvalue weighted by Crippen LogP contribution is 2.45. The van der Waals surface area contributed by atoms with Crippen molar-refractivity contribution >= 4 is 18.0 Å². The van der Waals surface area contributed by atoms with Gasteiger partial charge in [-0.05, 0) is 63.3 Å². The van der Waals surface area contributed by atoms with Crippen molar-refractivity contribution < 1.29 is 23.9 Å². The third-order valence-electron chi connectivity index (χ3n) is 6.40. The minimum absolute atomic E-state index is 0.0906. The molecule has 2 amide bonds. The van der Waals surface area contributed by atoms with Gasteiger partial charge < -0.3 is 19.7 Å². The molecule has 2 aromatic carbocycles. The first kappa shape index (κ1) is 28.2. The van der Waals surface area contributed by atoms with E-state index in [1.807, 2.05) is 56.0 Å². The normalized spacial score (nSPS) is 16.5. The number of amides is 2. The van der Waals surface area contributed by atoms with Crippen molar-refractivity contribution in [2.45, 2.75) is 83.4 Å². The minimum atomic E-state index is -0.574. The van der Waals surface area contributed by atoms with Crippen LogP contribution in [0.5, 0.6) is 0 Å². The zero-order valence-electron chi connectivity index (χ0n) is 22.5. The highest BCUT2D eigenvalue weighted by molar-refractivity contribution is 5.94. The van der Waals surface area contributed by atoms with E-state index in [4.69, 9.17) is 4.74 Å². The molecule has 1 N–H and O–H groups in total. The van der Waals surface area contributed by atoms with E-state index in [0.29, 0.717) is 31.0 Å². The number of methoxy groups -OCH3 is 1. The summed E-state index contributed by atoms with van der Waals surface area (Å²) in [6, 6.07) is 17.8. The number of carbonyl (C=O) groups excluding carboxylic acids is 3. The Labute approximate surface area is 220 Å². The number of hydrogen-bond acceptors (Lipinski definition) is 5. The number of nitrogens with zero attached hydrogens (tertiary/aromatic N) is 1. The first-order valence-corrected chi connectivity index (χ1v) is 13.2. The Morgan fingerprint density at radius 2 is 1.62 bits per heavy atom. The second-order valence-corrected chi connectivity index (χ2v) is 10.6. The van der Waals surface area contributed by atoms with E-state index in [1.165, 1.54) is 12.7 Å². The van der Waals surface area contributed by atoms with Crippen molar-refractivity contribution in [1.82, 2.24) is 10.2 Å². The molecule has 1 aliphatic carbocycles. The molecule has 0 aliphatic heterocycles. The number of nitrogens with one attached hydrogen (secondary N) is 1. The lowest BCUT2D eigenvalue weighted by Crippen LogP contribution is -2.38. The fourth-order valence-electron chi connectivity index (χ4n) is 4.33. The summed E-state index contributed by atoms with van der Waals surface area (Å²) >= 11 is 0. The van der Waals surface area contributed by atoms with Crippen LogP contribution in [0.1, 0.15) is 86.7 Å². The number of unbranched alkanes of at least 4 members (excludes halogenated alkanes) is 3. The summed E-state index contributed by atoms with van der Waals surface area (Å²) in [6.07, 6.45) is 4.57. The van der Waals surface area contributed by atoms with Gasteiger partial charge in [0.2, 0.25) is 0 Å². The third kappa shape index (κ3) is 9.23. The number of esters is 1. The summed E-state index contributed by atoms with van der Waals surface area (Å²) in [4.78, 5) is 38.5. The molecule has 0 aromatic heterocycles. The summed E-state index contributed by atoms with van der Waals surface area (Å²) in [5, 5.41) is 2.95. The van der Waals surface area contributed by atoms with Crippen LogP contribution in [0, 0.1) is 0 Å². The number of carbonyl (C=O) groups is 3. The second kappa shape index (κ2) is 13.3. The van der Waals surface area contributed by atoms with Crippen molar-refractivity contribution in [3.8, 4) is 0 Å². The molecule has 2 atom stereocenters. The lowest BCUT2D eigenvalue weighted by atomic mass is 10.1. The molecule has 3 rings (SSSR count). The molecule has 7 heteroatoms. The average molecular weight is 509 g/mol. The maximum absolute atomic E-state index is 13.1. The summed E-state index contributed by atoms with van der Waals surface area (Å²) < 4.78 is 10.4. The van der Waals surface area contributed by atoms with Gasteiger partial charge in [0.05, 0.1) is 7.11 Å². The van der Waals surface area contributed by atoms with E-state index < -0.39 is 5.60 Å².